The molecule has 0 aliphatic carbocycles. The van der Waals surface area contributed by atoms with Crippen molar-refractivity contribution in [2.45, 2.75) is 6.42 Å². The van der Waals surface area contributed by atoms with Crippen molar-refractivity contribution in [3.63, 3.8) is 0 Å². The number of hydrogen-bond acceptors (Lipinski definition) is 5. The smallest absolute Gasteiger partial charge is 0.292 e. The second kappa shape index (κ2) is 7.21. The zero-order valence-electron chi connectivity index (χ0n) is 13.8. The average Bonchev–Trinajstić information content (AvgIpc) is 2.62. The van der Waals surface area contributed by atoms with Gasteiger partial charge in [-0.2, -0.15) is 0 Å². The van der Waals surface area contributed by atoms with E-state index >= 15 is 0 Å². The van der Waals surface area contributed by atoms with Crippen LogP contribution in [0.25, 0.3) is 0 Å². The summed E-state index contributed by atoms with van der Waals surface area (Å²) in [6, 6.07) is 14.0. The molecule has 1 aliphatic heterocycles. The lowest BCUT2D eigenvalue weighted by atomic mass is 10.1. The van der Waals surface area contributed by atoms with Crippen LogP contribution in [-0.2, 0) is 11.2 Å². The normalized spacial score (nSPS) is 14.4. The first kappa shape index (κ1) is 16.8. The largest absolute Gasteiger partial charge is 0.399 e. The Morgan fingerprint density at radius 3 is 2.48 bits per heavy atom. The predicted molar refractivity (Wildman–Crippen MR) is 96.4 cm³/mol. The Morgan fingerprint density at radius 2 is 1.80 bits per heavy atom. The van der Waals surface area contributed by atoms with Gasteiger partial charge in [0.2, 0.25) is 5.91 Å². The Balaban J connectivity index is 1.62. The van der Waals surface area contributed by atoms with Crippen molar-refractivity contribution in [1.29, 1.82) is 0 Å². The van der Waals surface area contributed by atoms with Crippen LogP contribution in [0.15, 0.2) is 48.5 Å². The van der Waals surface area contributed by atoms with Crippen molar-refractivity contribution in [2.24, 2.45) is 0 Å². The summed E-state index contributed by atoms with van der Waals surface area (Å²) < 4.78 is 0. The quantitative estimate of drug-likeness (QED) is 0.522. The van der Waals surface area contributed by atoms with E-state index in [0.29, 0.717) is 44.0 Å². The first-order chi connectivity index (χ1) is 12.0. The molecule has 0 atom stereocenters. The molecule has 7 heteroatoms. The van der Waals surface area contributed by atoms with Crippen LogP contribution < -0.4 is 10.6 Å². The summed E-state index contributed by atoms with van der Waals surface area (Å²) in [4.78, 5) is 27.0. The molecule has 25 heavy (non-hydrogen) atoms. The van der Waals surface area contributed by atoms with E-state index in [0.717, 1.165) is 5.56 Å². The number of nitro benzene ring substituents is 1. The Morgan fingerprint density at radius 1 is 1.08 bits per heavy atom. The minimum Gasteiger partial charge on any atom is -0.399 e. The van der Waals surface area contributed by atoms with Gasteiger partial charge in [-0.1, -0.05) is 24.3 Å². The fourth-order valence-corrected chi connectivity index (χ4v) is 3.07. The van der Waals surface area contributed by atoms with Crippen molar-refractivity contribution >= 4 is 23.0 Å². The number of benzene rings is 2. The number of amides is 1. The second-order valence-corrected chi connectivity index (χ2v) is 6.04. The van der Waals surface area contributed by atoms with Crippen LogP contribution in [0.5, 0.6) is 0 Å². The van der Waals surface area contributed by atoms with Gasteiger partial charge in [0.15, 0.2) is 0 Å². The standard InChI is InChI=1S/C18H20N4O3/c19-15-5-3-4-14(12-15)13-18(23)21-10-8-20(9-11-21)16-6-1-2-7-17(16)22(24)25/h1-7,12H,8-11,13,19H2. The summed E-state index contributed by atoms with van der Waals surface area (Å²) in [5, 5.41) is 11.2. The molecule has 1 amide bonds. The average molecular weight is 340 g/mol. The van der Waals surface area contributed by atoms with Crippen LogP contribution >= 0.6 is 0 Å². The highest BCUT2D eigenvalue weighted by molar-refractivity contribution is 5.79. The van der Waals surface area contributed by atoms with Gasteiger partial charge >= 0.3 is 0 Å². The van der Waals surface area contributed by atoms with E-state index < -0.39 is 0 Å². The first-order valence-electron chi connectivity index (χ1n) is 8.15. The van der Waals surface area contributed by atoms with E-state index in [1.54, 1.807) is 29.2 Å². The highest BCUT2D eigenvalue weighted by Crippen LogP contribution is 2.28. The predicted octanol–water partition coefficient (Wildman–Crippen LogP) is 2.07. The number of carbonyl (C=O) groups excluding carboxylic acids is 1. The molecule has 2 N–H and O–H groups in total. The molecule has 2 aromatic rings. The number of rotatable bonds is 4. The van der Waals surface area contributed by atoms with Crippen LogP contribution in [0.3, 0.4) is 0 Å². The summed E-state index contributed by atoms with van der Waals surface area (Å²) in [5.41, 5.74) is 7.99. The monoisotopic (exact) mass is 340 g/mol. The fraction of sp³-hybridized carbons (Fsp3) is 0.278. The van der Waals surface area contributed by atoms with E-state index in [4.69, 9.17) is 5.73 Å². The van der Waals surface area contributed by atoms with Crippen molar-refractivity contribution in [3.05, 3.63) is 64.2 Å². The number of para-hydroxylation sites is 2. The minimum atomic E-state index is -0.368. The summed E-state index contributed by atoms with van der Waals surface area (Å²) in [6.45, 7) is 2.25. The first-order valence-corrected chi connectivity index (χ1v) is 8.15. The SMILES string of the molecule is Nc1cccc(CC(=O)N2CCN(c3ccccc3[N+](=O)[O-])CC2)c1. The Labute approximate surface area is 145 Å². The number of piperazine rings is 1. The third-order valence-corrected chi connectivity index (χ3v) is 4.36. The fourth-order valence-electron chi connectivity index (χ4n) is 3.07. The van der Waals surface area contributed by atoms with E-state index in [1.165, 1.54) is 6.07 Å². The number of hydrogen-bond donors (Lipinski definition) is 1. The van der Waals surface area contributed by atoms with Gasteiger partial charge in [0, 0.05) is 37.9 Å². The maximum absolute atomic E-state index is 12.5. The van der Waals surface area contributed by atoms with Gasteiger partial charge in [-0.3, -0.25) is 14.9 Å². The second-order valence-electron chi connectivity index (χ2n) is 6.04. The zero-order chi connectivity index (χ0) is 17.8. The van der Waals surface area contributed by atoms with Crippen molar-refractivity contribution in [1.82, 2.24) is 4.90 Å². The molecule has 1 heterocycles. The van der Waals surface area contributed by atoms with Gasteiger partial charge in [0.25, 0.3) is 5.69 Å². The van der Waals surface area contributed by atoms with Crippen LogP contribution in [-0.4, -0.2) is 41.9 Å². The number of nitrogen functional groups attached to an aromatic ring is 1. The Bertz CT molecular complexity index is 785. The van der Waals surface area contributed by atoms with E-state index in [2.05, 4.69) is 0 Å². The number of nitro groups is 1. The maximum Gasteiger partial charge on any atom is 0.292 e. The highest BCUT2D eigenvalue weighted by atomic mass is 16.6. The lowest BCUT2D eigenvalue weighted by molar-refractivity contribution is -0.384. The third kappa shape index (κ3) is 3.88. The molecule has 7 nitrogen and oxygen atoms in total. The number of carbonyl (C=O) groups is 1. The third-order valence-electron chi connectivity index (χ3n) is 4.36. The molecule has 2 aromatic carbocycles. The van der Waals surface area contributed by atoms with E-state index in [9.17, 15) is 14.9 Å². The molecule has 0 saturated carbocycles. The Kier molecular flexibility index (Phi) is 4.83. The molecular weight excluding hydrogens is 320 g/mol. The minimum absolute atomic E-state index is 0.0489. The Hall–Kier alpha value is -3.09. The van der Waals surface area contributed by atoms with Crippen molar-refractivity contribution < 1.29 is 9.72 Å². The molecule has 1 saturated heterocycles. The number of anilines is 2. The van der Waals surface area contributed by atoms with Crippen LogP contribution in [0.4, 0.5) is 17.1 Å². The van der Waals surface area contributed by atoms with Crippen LogP contribution in [0.1, 0.15) is 5.56 Å². The molecule has 0 aromatic heterocycles. The molecule has 0 bridgehead atoms. The molecule has 1 aliphatic rings. The molecule has 3 rings (SSSR count). The van der Waals surface area contributed by atoms with Crippen LogP contribution in [0, 0.1) is 10.1 Å². The molecule has 1 fully saturated rings. The van der Waals surface area contributed by atoms with Gasteiger partial charge in [-0.25, -0.2) is 0 Å². The van der Waals surface area contributed by atoms with Gasteiger partial charge in [-0.05, 0) is 23.8 Å². The van der Waals surface area contributed by atoms with E-state index in [-0.39, 0.29) is 16.5 Å². The van der Waals surface area contributed by atoms with Gasteiger partial charge in [0.1, 0.15) is 5.69 Å². The molecule has 130 valence electrons. The zero-order valence-corrected chi connectivity index (χ0v) is 13.8. The summed E-state index contributed by atoms with van der Waals surface area (Å²) >= 11 is 0. The van der Waals surface area contributed by atoms with Gasteiger partial charge < -0.3 is 15.5 Å². The van der Waals surface area contributed by atoms with Gasteiger partial charge in [0.05, 0.1) is 11.3 Å². The molecule has 0 radical (unpaired) electrons. The molecular formula is C18H20N4O3. The van der Waals surface area contributed by atoms with E-state index in [1.807, 2.05) is 23.1 Å². The summed E-state index contributed by atoms with van der Waals surface area (Å²) in [5.74, 6) is 0.0489. The highest BCUT2D eigenvalue weighted by Gasteiger charge is 2.25. The number of nitrogens with zero attached hydrogens (tertiary/aromatic N) is 3. The molecule has 0 spiro atoms. The van der Waals surface area contributed by atoms with Gasteiger partial charge in [-0.15, -0.1) is 0 Å². The summed E-state index contributed by atoms with van der Waals surface area (Å²) in [7, 11) is 0. The van der Waals surface area contributed by atoms with Crippen molar-refractivity contribution in [3.8, 4) is 0 Å². The lowest BCUT2D eigenvalue weighted by Crippen LogP contribution is -2.49. The molecule has 0 unspecified atom stereocenters. The van der Waals surface area contributed by atoms with Crippen molar-refractivity contribution in [2.75, 3.05) is 36.8 Å². The number of nitrogens with two attached hydrogens (primary N) is 1. The van der Waals surface area contributed by atoms with Crippen LogP contribution in [0.2, 0.25) is 0 Å². The lowest BCUT2D eigenvalue weighted by Gasteiger charge is -2.35. The topological polar surface area (TPSA) is 92.7 Å². The summed E-state index contributed by atoms with van der Waals surface area (Å²) in [6.07, 6.45) is 0.316. The maximum atomic E-state index is 12.5.